The van der Waals surface area contributed by atoms with Gasteiger partial charge in [0.05, 0.1) is 6.61 Å². The smallest absolute Gasteiger partial charge is 0.200 e. The lowest BCUT2D eigenvalue weighted by molar-refractivity contribution is -0.123. The van der Waals surface area contributed by atoms with E-state index >= 15 is 0 Å². The Morgan fingerprint density at radius 3 is 2.71 bits per heavy atom. The molecule has 2 nitrogen and oxygen atoms in total. The minimum absolute atomic E-state index is 0.247. The lowest BCUT2D eigenvalue weighted by Gasteiger charge is -2.27. The first kappa shape index (κ1) is 12.7. The van der Waals surface area contributed by atoms with Crippen molar-refractivity contribution in [1.82, 2.24) is 0 Å². The Hall–Kier alpha value is -0.790. The van der Waals surface area contributed by atoms with Gasteiger partial charge in [-0.3, -0.25) is 4.79 Å². The number of rotatable bonds is 5. The van der Waals surface area contributed by atoms with E-state index in [1.807, 2.05) is 6.08 Å². The molecular weight excluding hydrogens is 212 g/mol. The molecule has 1 aliphatic heterocycles. The highest BCUT2D eigenvalue weighted by atomic mass is 16.5. The number of ketones is 1. The molecule has 2 rings (SSSR count). The Kier molecular flexibility index (Phi) is 4.64. The topological polar surface area (TPSA) is 26.3 Å². The number of carbonyl (C=O) groups is 1. The van der Waals surface area contributed by atoms with Crippen molar-refractivity contribution in [3.63, 3.8) is 0 Å². The number of ether oxygens (including phenoxy) is 1. The zero-order chi connectivity index (χ0) is 12.1. The fourth-order valence-electron chi connectivity index (χ4n) is 3.00. The van der Waals surface area contributed by atoms with Gasteiger partial charge in [0.15, 0.2) is 11.5 Å². The number of hydrogen-bond donors (Lipinski definition) is 0. The van der Waals surface area contributed by atoms with Crippen LogP contribution in [-0.2, 0) is 9.53 Å². The van der Waals surface area contributed by atoms with Crippen molar-refractivity contribution in [2.24, 2.45) is 11.8 Å². The van der Waals surface area contributed by atoms with Crippen LogP contribution in [0.2, 0.25) is 0 Å². The second kappa shape index (κ2) is 6.23. The SMILES string of the molecule is CCCCC1CCC(C(=O)C2=CCCO2)CC1. The predicted octanol–water partition coefficient (Wildman–Crippen LogP) is 3.86. The third-order valence-corrected chi connectivity index (χ3v) is 4.13. The number of carbonyl (C=O) groups excluding carboxylic acids is 1. The molecule has 1 fully saturated rings. The van der Waals surface area contributed by atoms with Crippen molar-refractivity contribution >= 4 is 5.78 Å². The number of hydrogen-bond acceptors (Lipinski definition) is 2. The van der Waals surface area contributed by atoms with E-state index in [1.54, 1.807) is 0 Å². The Morgan fingerprint density at radius 1 is 1.35 bits per heavy atom. The van der Waals surface area contributed by atoms with Crippen molar-refractivity contribution in [1.29, 1.82) is 0 Å². The van der Waals surface area contributed by atoms with E-state index in [-0.39, 0.29) is 11.7 Å². The number of allylic oxidation sites excluding steroid dienone is 1. The quantitative estimate of drug-likeness (QED) is 0.724. The maximum Gasteiger partial charge on any atom is 0.200 e. The molecule has 0 amide bonds. The Labute approximate surface area is 104 Å². The molecule has 2 heteroatoms. The predicted molar refractivity (Wildman–Crippen MR) is 68.6 cm³/mol. The maximum atomic E-state index is 12.1. The van der Waals surface area contributed by atoms with Crippen LogP contribution in [0.4, 0.5) is 0 Å². The van der Waals surface area contributed by atoms with E-state index in [0.29, 0.717) is 12.4 Å². The number of Topliss-reactive ketones (excluding diaryl/α,β-unsaturated/α-hetero) is 1. The summed E-state index contributed by atoms with van der Waals surface area (Å²) in [5.41, 5.74) is 0. The lowest BCUT2D eigenvalue weighted by Crippen LogP contribution is -2.23. The van der Waals surface area contributed by atoms with Gasteiger partial charge in [-0.1, -0.05) is 26.2 Å². The molecule has 0 aromatic rings. The van der Waals surface area contributed by atoms with E-state index in [0.717, 1.165) is 25.2 Å². The van der Waals surface area contributed by atoms with E-state index < -0.39 is 0 Å². The minimum atomic E-state index is 0.247. The summed E-state index contributed by atoms with van der Waals surface area (Å²) < 4.78 is 5.37. The van der Waals surface area contributed by atoms with Gasteiger partial charge in [0.25, 0.3) is 0 Å². The van der Waals surface area contributed by atoms with Crippen LogP contribution in [0.15, 0.2) is 11.8 Å². The molecular formula is C15H24O2. The van der Waals surface area contributed by atoms with Crippen LogP contribution in [0.25, 0.3) is 0 Å². The normalized spacial score (nSPS) is 28.6. The summed E-state index contributed by atoms with van der Waals surface area (Å²) in [5, 5.41) is 0. The van der Waals surface area contributed by atoms with Crippen LogP contribution in [-0.4, -0.2) is 12.4 Å². The zero-order valence-electron chi connectivity index (χ0n) is 10.9. The molecule has 1 aliphatic carbocycles. The van der Waals surface area contributed by atoms with Gasteiger partial charge in [-0.15, -0.1) is 0 Å². The van der Waals surface area contributed by atoms with E-state index in [4.69, 9.17) is 4.74 Å². The molecule has 96 valence electrons. The van der Waals surface area contributed by atoms with Gasteiger partial charge >= 0.3 is 0 Å². The summed E-state index contributed by atoms with van der Waals surface area (Å²) in [6.07, 6.45) is 11.5. The van der Waals surface area contributed by atoms with Crippen LogP contribution in [0, 0.1) is 11.8 Å². The molecule has 0 aromatic heterocycles. The largest absolute Gasteiger partial charge is 0.490 e. The van der Waals surface area contributed by atoms with Gasteiger partial charge in [-0.05, 0) is 37.7 Å². The second-order valence-electron chi connectivity index (χ2n) is 5.43. The summed E-state index contributed by atoms with van der Waals surface area (Å²) in [5.74, 6) is 2.05. The van der Waals surface area contributed by atoms with Crippen LogP contribution < -0.4 is 0 Å². The van der Waals surface area contributed by atoms with Crippen molar-refractivity contribution in [2.75, 3.05) is 6.61 Å². The highest BCUT2D eigenvalue weighted by molar-refractivity contribution is 5.95. The first-order valence-electron chi connectivity index (χ1n) is 7.18. The fraction of sp³-hybridized carbons (Fsp3) is 0.800. The molecule has 1 heterocycles. The van der Waals surface area contributed by atoms with E-state index in [1.165, 1.54) is 32.1 Å². The summed E-state index contributed by atoms with van der Waals surface area (Å²) >= 11 is 0. The van der Waals surface area contributed by atoms with Gasteiger partial charge < -0.3 is 4.74 Å². The first-order chi connectivity index (χ1) is 8.31. The van der Waals surface area contributed by atoms with Gasteiger partial charge in [-0.25, -0.2) is 0 Å². The van der Waals surface area contributed by atoms with Crippen LogP contribution in [0.1, 0.15) is 58.3 Å². The van der Waals surface area contributed by atoms with Crippen LogP contribution >= 0.6 is 0 Å². The van der Waals surface area contributed by atoms with Crippen molar-refractivity contribution in [3.8, 4) is 0 Å². The van der Waals surface area contributed by atoms with Crippen LogP contribution in [0.3, 0.4) is 0 Å². The average Bonchev–Trinajstić information content (AvgIpc) is 2.90. The first-order valence-corrected chi connectivity index (χ1v) is 7.18. The molecule has 0 bridgehead atoms. The average molecular weight is 236 g/mol. The summed E-state index contributed by atoms with van der Waals surface area (Å²) in [6.45, 7) is 2.95. The van der Waals surface area contributed by atoms with Gasteiger partial charge in [0.2, 0.25) is 0 Å². The minimum Gasteiger partial charge on any atom is -0.490 e. The fourth-order valence-corrected chi connectivity index (χ4v) is 3.00. The van der Waals surface area contributed by atoms with E-state index in [2.05, 4.69) is 6.92 Å². The second-order valence-corrected chi connectivity index (χ2v) is 5.43. The number of unbranched alkanes of at least 4 members (excludes halogenated alkanes) is 1. The molecule has 1 saturated carbocycles. The molecule has 0 radical (unpaired) electrons. The van der Waals surface area contributed by atoms with Gasteiger partial charge in [0, 0.05) is 12.3 Å². The highest BCUT2D eigenvalue weighted by Gasteiger charge is 2.29. The molecule has 17 heavy (non-hydrogen) atoms. The molecule has 0 N–H and O–H groups in total. The highest BCUT2D eigenvalue weighted by Crippen LogP contribution is 2.34. The maximum absolute atomic E-state index is 12.1. The molecule has 0 unspecified atom stereocenters. The van der Waals surface area contributed by atoms with Gasteiger partial charge in [-0.2, -0.15) is 0 Å². The van der Waals surface area contributed by atoms with Crippen molar-refractivity contribution < 1.29 is 9.53 Å². The standard InChI is InChI=1S/C15H24O2/c1-2-3-5-12-7-9-13(10-8-12)15(16)14-6-4-11-17-14/h6,12-13H,2-5,7-11H2,1H3. The van der Waals surface area contributed by atoms with E-state index in [9.17, 15) is 4.79 Å². The Morgan fingerprint density at radius 2 is 2.12 bits per heavy atom. The molecule has 0 spiro atoms. The lowest BCUT2D eigenvalue weighted by atomic mass is 9.78. The van der Waals surface area contributed by atoms with Crippen molar-refractivity contribution in [2.45, 2.75) is 58.3 Å². The Balaban J connectivity index is 1.76. The third-order valence-electron chi connectivity index (χ3n) is 4.13. The molecule has 0 saturated heterocycles. The summed E-state index contributed by atoms with van der Waals surface area (Å²) in [6, 6.07) is 0. The van der Waals surface area contributed by atoms with Gasteiger partial charge in [0.1, 0.15) is 0 Å². The zero-order valence-corrected chi connectivity index (χ0v) is 10.9. The molecule has 0 atom stereocenters. The summed E-state index contributed by atoms with van der Waals surface area (Å²) in [4.78, 5) is 12.1. The molecule has 2 aliphatic rings. The van der Waals surface area contributed by atoms with Crippen LogP contribution in [0.5, 0.6) is 0 Å². The summed E-state index contributed by atoms with van der Waals surface area (Å²) in [7, 11) is 0. The monoisotopic (exact) mass is 236 g/mol. The van der Waals surface area contributed by atoms with Crippen molar-refractivity contribution in [3.05, 3.63) is 11.8 Å². The molecule has 0 aromatic carbocycles. The Bertz CT molecular complexity index is 285. The third kappa shape index (κ3) is 3.34.